The van der Waals surface area contributed by atoms with E-state index in [0.29, 0.717) is 6.61 Å². The molecule has 0 saturated heterocycles. The highest BCUT2D eigenvalue weighted by Crippen LogP contribution is 2.17. The largest absolute Gasteiger partial charge is 0.381 e. The van der Waals surface area contributed by atoms with Gasteiger partial charge in [-0.15, -0.1) is 0 Å². The second-order valence-electron chi connectivity index (χ2n) is 4.16. The zero-order chi connectivity index (χ0) is 13.5. The van der Waals surface area contributed by atoms with Gasteiger partial charge in [-0.3, -0.25) is 0 Å². The Morgan fingerprint density at radius 1 is 1.42 bits per heavy atom. The van der Waals surface area contributed by atoms with Crippen LogP contribution in [-0.2, 0) is 17.9 Å². The third-order valence-corrected chi connectivity index (χ3v) is 2.80. The van der Waals surface area contributed by atoms with E-state index in [-0.39, 0.29) is 0 Å². The Bertz CT molecular complexity index is 534. The maximum absolute atomic E-state index is 5.46. The predicted molar refractivity (Wildman–Crippen MR) is 77.7 cm³/mol. The molecule has 0 fully saturated rings. The number of aromatic nitrogens is 2. The number of nitrogens with zero attached hydrogens (tertiary/aromatic N) is 2. The zero-order valence-corrected chi connectivity index (χ0v) is 11.2. The second kappa shape index (κ2) is 6.75. The Hall–Kier alpha value is -2.07. The van der Waals surface area contributed by atoms with E-state index in [1.165, 1.54) is 5.56 Å². The van der Waals surface area contributed by atoms with Crippen LogP contribution in [0, 0.1) is 0 Å². The van der Waals surface area contributed by atoms with Gasteiger partial charge in [-0.05, 0) is 13.0 Å². The molecular formula is C15H19N3O. The van der Waals surface area contributed by atoms with E-state index in [9.17, 15) is 0 Å². The average molecular weight is 257 g/mol. The summed E-state index contributed by atoms with van der Waals surface area (Å²) >= 11 is 0. The molecule has 4 nitrogen and oxygen atoms in total. The van der Waals surface area contributed by atoms with Crippen LogP contribution in [0.5, 0.6) is 0 Å². The molecule has 1 N–H and O–H groups in total. The first-order valence-electron chi connectivity index (χ1n) is 6.38. The number of ether oxygens (including phenoxy) is 1. The van der Waals surface area contributed by atoms with Crippen molar-refractivity contribution in [1.29, 1.82) is 0 Å². The van der Waals surface area contributed by atoms with Crippen molar-refractivity contribution in [2.24, 2.45) is 0 Å². The molecule has 0 aliphatic heterocycles. The molecule has 0 saturated carbocycles. The number of nitrogens with one attached hydrogen (secondary N) is 1. The van der Waals surface area contributed by atoms with E-state index in [4.69, 9.17) is 4.74 Å². The van der Waals surface area contributed by atoms with E-state index < -0.39 is 0 Å². The van der Waals surface area contributed by atoms with Crippen LogP contribution in [0.25, 0.3) is 6.20 Å². The van der Waals surface area contributed by atoms with Gasteiger partial charge in [-0.25, -0.2) is 4.68 Å². The first-order valence-corrected chi connectivity index (χ1v) is 6.38. The highest BCUT2D eigenvalue weighted by molar-refractivity contribution is 5.51. The summed E-state index contributed by atoms with van der Waals surface area (Å²) in [5.74, 6) is 0. The summed E-state index contributed by atoms with van der Waals surface area (Å²) in [6.07, 6.45) is 5.46. The molecule has 0 bridgehead atoms. The minimum absolute atomic E-state index is 0.631. The Morgan fingerprint density at radius 2 is 2.26 bits per heavy atom. The fraction of sp³-hybridized carbons (Fsp3) is 0.267. The molecule has 4 heteroatoms. The highest BCUT2D eigenvalue weighted by atomic mass is 16.5. The van der Waals surface area contributed by atoms with E-state index in [1.54, 1.807) is 10.9 Å². The van der Waals surface area contributed by atoms with E-state index in [2.05, 4.69) is 29.1 Å². The minimum Gasteiger partial charge on any atom is -0.381 e. The Balaban J connectivity index is 2.00. The number of benzene rings is 1. The molecule has 0 unspecified atom stereocenters. The van der Waals surface area contributed by atoms with Crippen LogP contribution in [0.3, 0.4) is 0 Å². The summed E-state index contributed by atoms with van der Waals surface area (Å²) < 4.78 is 7.16. The molecular weight excluding hydrogens is 238 g/mol. The highest BCUT2D eigenvalue weighted by Gasteiger charge is 2.02. The Kier molecular flexibility index (Phi) is 4.75. The number of para-hydroxylation sites is 1. The van der Waals surface area contributed by atoms with Gasteiger partial charge in [0.05, 0.1) is 12.8 Å². The van der Waals surface area contributed by atoms with Gasteiger partial charge < -0.3 is 10.1 Å². The van der Waals surface area contributed by atoms with Crippen LogP contribution in [0.1, 0.15) is 18.1 Å². The van der Waals surface area contributed by atoms with Crippen molar-refractivity contribution in [2.75, 3.05) is 11.9 Å². The van der Waals surface area contributed by atoms with Crippen LogP contribution in [0.2, 0.25) is 0 Å². The molecule has 0 radical (unpaired) electrons. The summed E-state index contributed by atoms with van der Waals surface area (Å²) in [6.45, 7) is 7.76. The third-order valence-electron chi connectivity index (χ3n) is 2.80. The van der Waals surface area contributed by atoms with Crippen molar-refractivity contribution in [2.45, 2.75) is 20.1 Å². The molecule has 2 aromatic rings. The number of hydrogen-bond donors (Lipinski definition) is 1. The summed E-state index contributed by atoms with van der Waals surface area (Å²) in [7, 11) is 0. The van der Waals surface area contributed by atoms with Gasteiger partial charge in [0.2, 0.25) is 0 Å². The lowest BCUT2D eigenvalue weighted by atomic mass is 10.2. The molecule has 0 aliphatic rings. The summed E-state index contributed by atoms with van der Waals surface area (Å²) in [5, 5.41) is 7.56. The summed E-state index contributed by atoms with van der Waals surface area (Å²) in [4.78, 5) is 0. The van der Waals surface area contributed by atoms with Crippen molar-refractivity contribution in [3.63, 3.8) is 0 Å². The van der Waals surface area contributed by atoms with E-state index >= 15 is 0 Å². The van der Waals surface area contributed by atoms with E-state index in [0.717, 1.165) is 24.4 Å². The first-order chi connectivity index (χ1) is 9.33. The molecule has 1 aromatic carbocycles. The molecule has 1 aromatic heterocycles. The smallest absolute Gasteiger partial charge is 0.0736 e. The molecule has 100 valence electrons. The number of hydrogen-bond acceptors (Lipinski definition) is 3. The van der Waals surface area contributed by atoms with Gasteiger partial charge in [0.25, 0.3) is 0 Å². The monoisotopic (exact) mass is 257 g/mol. The lowest BCUT2D eigenvalue weighted by Gasteiger charge is -2.11. The fourth-order valence-electron chi connectivity index (χ4n) is 1.80. The van der Waals surface area contributed by atoms with Gasteiger partial charge in [0.1, 0.15) is 0 Å². The van der Waals surface area contributed by atoms with Gasteiger partial charge in [-0.1, -0.05) is 24.8 Å². The van der Waals surface area contributed by atoms with Crippen LogP contribution >= 0.6 is 0 Å². The minimum atomic E-state index is 0.631. The van der Waals surface area contributed by atoms with Crippen LogP contribution in [0.4, 0.5) is 5.69 Å². The van der Waals surface area contributed by atoms with Crippen LogP contribution in [0.15, 0.2) is 43.2 Å². The van der Waals surface area contributed by atoms with Crippen LogP contribution in [-0.4, -0.2) is 16.4 Å². The standard InChI is InChI=1S/C15H19N3O/c1-3-18-11-13(10-17-18)9-16-15-8-6-5-7-14(15)12-19-4-2/h3,5-8,10-11,16H,1,4,9,12H2,2H3. The van der Waals surface area contributed by atoms with Gasteiger partial charge in [0.15, 0.2) is 0 Å². The molecule has 0 amide bonds. The molecule has 0 atom stereocenters. The van der Waals surface area contributed by atoms with Crippen molar-refractivity contribution >= 4 is 11.9 Å². The lowest BCUT2D eigenvalue weighted by Crippen LogP contribution is -2.03. The van der Waals surface area contributed by atoms with Gasteiger partial charge in [0, 0.05) is 42.4 Å². The topological polar surface area (TPSA) is 39.1 Å². The quantitative estimate of drug-likeness (QED) is 0.828. The van der Waals surface area contributed by atoms with Crippen molar-refractivity contribution < 1.29 is 4.74 Å². The fourth-order valence-corrected chi connectivity index (χ4v) is 1.80. The van der Waals surface area contributed by atoms with Crippen molar-refractivity contribution in [3.8, 4) is 0 Å². The SMILES string of the molecule is C=Cn1cc(CNc2ccccc2COCC)cn1. The normalized spacial score (nSPS) is 10.4. The second-order valence-corrected chi connectivity index (χ2v) is 4.16. The predicted octanol–water partition coefficient (Wildman–Crippen LogP) is 3.13. The van der Waals surface area contributed by atoms with Gasteiger partial charge in [-0.2, -0.15) is 5.10 Å². The third kappa shape index (κ3) is 3.69. The Labute approximate surface area is 113 Å². The summed E-state index contributed by atoms with van der Waals surface area (Å²) in [5.41, 5.74) is 3.38. The molecule has 0 spiro atoms. The van der Waals surface area contributed by atoms with Gasteiger partial charge >= 0.3 is 0 Å². The molecule has 1 heterocycles. The number of rotatable bonds is 7. The number of anilines is 1. The average Bonchev–Trinajstić information content (AvgIpc) is 2.91. The van der Waals surface area contributed by atoms with Crippen molar-refractivity contribution in [3.05, 3.63) is 54.4 Å². The molecule has 19 heavy (non-hydrogen) atoms. The van der Waals surface area contributed by atoms with E-state index in [1.807, 2.05) is 31.5 Å². The zero-order valence-electron chi connectivity index (χ0n) is 11.2. The molecule has 0 aliphatic carbocycles. The molecule has 2 rings (SSSR count). The first kappa shape index (κ1) is 13.4. The van der Waals surface area contributed by atoms with Crippen LogP contribution < -0.4 is 5.32 Å². The maximum atomic E-state index is 5.46. The van der Waals surface area contributed by atoms with Crippen molar-refractivity contribution in [1.82, 2.24) is 9.78 Å². The Morgan fingerprint density at radius 3 is 3.00 bits per heavy atom. The maximum Gasteiger partial charge on any atom is 0.0736 e. The summed E-state index contributed by atoms with van der Waals surface area (Å²) in [6, 6.07) is 8.18. The lowest BCUT2D eigenvalue weighted by molar-refractivity contribution is 0.134.